The molecule has 2 aromatic rings. The Morgan fingerprint density at radius 3 is 2.35 bits per heavy atom. The average Bonchev–Trinajstić information content (AvgIpc) is 2.95. The van der Waals surface area contributed by atoms with Crippen molar-refractivity contribution in [3.63, 3.8) is 0 Å². The van der Waals surface area contributed by atoms with E-state index in [1.807, 2.05) is 32.0 Å². The Balaban J connectivity index is 1.34. The maximum atomic E-state index is 12.8. The fraction of sp³-hybridized carbons (Fsp3) is 0.435. The van der Waals surface area contributed by atoms with Gasteiger partial charge in [-0.2, -0.15) is 0 Å². The summed E-state index contributed by atoms with van der Waals surface area (Å²) < 4.78 is 28.4. The third kappa shape index (κ3) is 4.20. The number of nitrogens with one attached hydrogen (secondary N) is 1. The Morgan fingerprint density at radius 1 is 1.00 bits per heavy atom. The largest absolute Gasteiger partial charge is 0.369 e. The van der Waals surface area contributed by atoms with Crippen LogP contribution in [0.2, 0.25) is 0 Å². The lowest BCUT2D eigenvalue weighted by molar-refractivity contribution is -0.121. The summed E-state index contributed by atoms with van der Waals surface area (Å²) in [5.74, 6) is -0.0281. The number of rotatable bonds is 6. The first kappa shape index (κ1) is 21.8. The number of hydrogen-bond donors (Lipinski definition) is 1. The van der Waals surface area contributed by atoms with Crippen molar-refractivity contribution >= 4 is 27.3 Å². The van der Waals surface area contributed by atoms with Crippen LogP contribution in [0, 0.1) is 0 Å². The van der Waals surface area contributed by atoms with Gasteiger partial charge in [0.25, 0.3) is 0 Å². The van der Waals surface area contributed by atoms with E-state index >= 15 is 0 Å². The van der Waals surface area contributed by atoms with Crippen LogP contribution < -0.4 is 14.5 Å². The smallest absolute Gasteiger partial charge is 0.240 e. The van der Waals surface area contributed by atoms with Gasteiger partial charge in [0.05, 0.1) is 10.3 Å². The van der Waals surface area contributed by atoms with Crippen molar-refractivity contribution in [3.05, 3.63) is 54.1 Å². The molecule has 0 saturated carbocycles. The van der Waals surface area contributed by atoms with Gasteiger partial charge in [0, 0.05) is 57.7 Å². The second-order valence-electron chi connectivity index (χ2n) is 8.73. The van der Waals surface area contributed by atoms with Crippen LogP contribution in [0.3, 0.4) is 0 Å². The summed E-state index contributed by atoms with van der Waals surface area (Å²) >= 11 is 0. The maximum absolute atomic E-state index is 12.8. The number of carbonyl (C=O) groups excluding carboxylic acids is 1. The molecule has 0 aliphatic carbocycles. The van der Waals surface area contributed by atoms with Gasteiger partial charge in [-0.3, -0.25) is 9.69 Å². The molecule has 0 radical (unpaired) electrons. The lowest BCUT2D eigenvalue weighted by Crippen LogP contribution is -2.48. The van der Waals surface area contributed by atoms with Crippen LogP contribution in [0.4, 0.5) is 11.4 Å². The van der Waals surface area contributed by atoms with Crippen LogP contribution in [-0.2, 0) is 20.2 Å². The number of carbonyl (C=O) groups is 1. The molecule has 0 unspecified atom stereocenters. The molecule has 2 aliphatic rings. The molecule has 2 aliphatic heterocycles. The van der Waals surface area contributed by atoms with Crippen molar-refractivity contribution in [1.82, 2.24) is 9.62 Å². The summed E-state index contributed by atoms with van der Waals surface area (Å²) in [5, 5.41) is 0. The summed E-state index contributed by atoms with van der Waals surface area (Å²) in [6, 6.07) is 15.3. The van der Waals surface area contributed by atoms with Gasteiger partial charge >= 0.3 is 0 Å². The first-order chi connectivity index (χ1) is 14.7. The minimum Gasteiger partial charge on any atom is -0.369 e. The third-order valence-electron chi connectivity index (χ3n) is 6.37. The molecule has 31 heavy (non-hydrogen) atoms. The standard InChI is InChI=1S/C23H30N4O3S/c1-23(2)20-17-19(9-10-21(20)25(3)22(23)28)31(29,30)24-11-12-26-13-15-27(16-14-26)18-7-5-4-6-8-18/h4-10,17,24H,11-16H2,1-3H3. The Bertz CT molecular complexity index is 1060. The fourth-order valence-corrected chi connectivity index (χ4v) is 5.46. The van der Waals surface area contributed by atoms with E-state index in [1.54, 1.807) is 30.1 Å². The number of hydrogen-bond acceptors (Lipinski definition) is 5. The first-order valence-corrected chi connectivity index (χ1v) is 12.1. The van der Waals surface area contributed by atoms with Crippen molar-refractivity contribution in [2.45, 2.75) is 24.2 Å². The third-order valence-corrected chi connectivity index (χ3v) is 7.82. The summed E-state index contributed by atoms with van der Waals surface area (Å²) in [4.78, 5) is 18.9. The number of benzene rings is 2. The van der Waals surface area contributed by atoms with Gasteiger partial charge in [-0.15, -0.1) is 0 Å². The second kappa shape index (κ2) is 8.26. The minimum absolute atomic E-state index is 0.0281. The van der Waals surface area contributed by atoms with E-state index in [-0.39, 0.29) is 10.8 Å². The van der Waals surface area contributed by atoms with Gasteiger partial charge in [-0.05, 0) is 49.7 Å². The van der Waals surface area contributed by atoms with Crippen LogP contribution in [0.15, 0.2) is 53.4 Å². The number of anilines is 2. The lowest BCUT2D eigenvalue weighted by Gasteiger charge is -2.36. The Hall–Kier alpha value is -2.42. The molecule has 1 N–H and O–H groups in total. The SMILES string of the molecule is CN1C(=O)C(C)(C)c2cc(S(=O)(=O)NCCN3CCN(c4ccccc4)CC3)ccc21. The summed E-state index contributed by atoms with van der Waals surface area (Å²) in [5.41, 5.74) is 2.02. The zero-order valence-corrected chi connectivity index (χ0v) is 19.2. The van der Waals surface area contributed by atoms with Crippen LogP contribution in [0.5, 0.6) is 0 Å². The quantitative estimate of drug-likeness (QED) is 0.741. The lowest BCUT2D eigenvalue weighted by atomic mass is 9.86. The van der Waals surface area contributed by atoms with E-state index in [0.717, 1.165) is 37.4 Å². The van der Waals surface area contributed by atoms with Gasteiger partial charge < -0.3 is 9.80 Å². The monoisotopic (exact) mass is 442 g/mol. The number of nitrogens with zero attached hydrogens (tertiary/aromatic N) is 3. The Morgan fingerprint density at radius 2 is 1.68 bits per heavy atom. The number of sulfonamides is 1. The van der Waals surface area contributed by atoms with Crippen molar-refractivity contribution < 1.29 is 13.2 Å². The Labute approximate surface area is 184 Å². The number of fused-ring (bicyclic) bond motifs is 1. The van der Waals surface area contributed by atoms with Crippen LogP contribution >= 0.6 is 0 Å². The minimum atomic E-state index is -3.64. The van der Waals surface area contributed by atoms with Crippen molar-refractivity contribution in [3.8, 4) is 0 Å². The molecule has 2 aromatic carbocycles. The molecular formula is C23H30N4O3S. The molecule has 0 atom stereocenters. The highest BCUT2D eigenvalue weighted by Gasteiger charge is 2.42. The summed E-state index contributed by atoms with van der Waals surface area (Å²) in [6.07, 6.45) is 0. The molecule has 7 nitrogen and oxygen atoms in total. The zero-order valence-electron chi connectivity index (χ0n) is 18.3. The van der Waals surface area contributed by atoms with E-state index in [0.29, 0.717) is 13.1 Å². The molecule has 8 heteroatoms. The number of piperazine rings is 1. The molecule has 2 heterocycles. The van der Waals surface area contributed by atoms with E-state index in [9.17, 15) is 13.2 Å². The highest BCUT2D eigenvalue weighted by atomic mass is 32.2. The molecule has 1 amide bonds. The summed E-state index contributed by atoms with van der Waals surface area (Å²) in [7, 11) is -1.92. The van der Waals surface area contributed by atoms with Gasteiger partial charge in [-0.1, -0.05) is 18.2 Å². The van der Waals surface area contributed by atoms with E-state index < -0.39 is 15.4 Å². The van der Waals surface area contributed by atoms with E-state index in [1.165, 1.54) is 5.69 Å². The van der Waals surface area contributed by atoms with Gasteiger partial charge in [0.2, 0.25) is 15.9 Å². The predicted octanol–water partition coefficient (Wildman–Crippen LogP) is 2.04. The second-order valence-corrected chi connectivity index (χ2v) is 10.5. The van der Waals surface area contributed by atoms with Crippen LogP contribution in [0.25, 0.3) is 0 Å². The first-order valence-electron chi connectivity index (χ1n) is 10.6. The molecule has 0 aromatic heterocycles. The van der Waals surface area contributed by atoms with E-state index in [2.05, 4.69) is 26.7 Å². The number of likely N-dealkylation sites (N-methyl/N-ethyl adjacent to an activating group) is 1. The predicted molar refractivity (Wildman–Crippen MR) is 123 cm³/mol. The summed E-state index contributed by atoms with van der Waals surface area (Å²) in [6.45, 7) is 8.34. The molecule has 166 valence electrons. The highest BCUT2D eigenvalue weighted by molar-refractivity contribution is 7.89. The molecule has 1 saturated heterocycles. The van der Waals surface area contributed by atoms with Crippen molar-refractivity contribution in [1.29, 1.82) is 0 Å². The molecule has 1 fully saturated rings. The van der Waals surface area contributed by atoms with Crippen molar-refractivity contribution in [2.75, 3.05) is 56.1 Å². The zero-order chi connectivity index (χ0) is 22.2. The van der Waals surface area contributed by atoms with Crippen molar-refractivity contribution in [2.24, 2.45) is 0 Å². The molecule has 0 spiro atoms. The Kier molecular flexibility index (Phi) is 5.81. The number of amides is 1. The maximum Gasteiger partial charge on any atom is 0.240 e. The fourth-order valence-electron chi connectivity index (χ4n) is 4.41. The number of para-hydroxylation sites is 1. The van der Waals surface area contributed by atoms with Gasteiger partial charge in [0.1, 0.15) is 0 Å². The molecule has 4 rings (SSSR count). The van der Waals surface area contributed by atoms with Gasteiger partial charge in [0.15, 0.2) is 0 Å². The topological polar surface area (TPSA) is 73.0 Å². The highest BCUT2D eigenvalue weighted by Crippen LogP contribution is 2.41. The molecular weight excluding hydrogens is 412 g/mol. The van der Waals surface area contributed by atoms with E-state index in [4.69, 9.17) is 0 Å². The van der Waals surface area contributed by atoms with Gasteiger partial charge in [-0.25, -0.2) is 13.1 Å². The normalized spacial score (nSPS) is 19.0. The van der Waals surface area contributed by atoms with Crippen LogP contribution in [0.1, 0.15) is 19.4 Å². The van der Waals surface area contributed by atoms with Crippen LogP contribution in [-0.4, -0.2) is 65.5 Å². The average molecular weight is 443 g/mol. The molecule has 0 bridgehead atoms.